The first kappa shape index (κ1) is 18.6. The molecule has 134 valence electrons. The predicted octanol–water partition coefficient (Wildman–Crippen LogP) is 3.22. The number of para-hydroxylation sites is 1. The summed E-state index contributed by atoms with van der Waals surface area (Å²) in [5.74, 6) is 0.142. The SMILES string of the molecule is C/C=C\COC(=O)C1=C(C)NC(=O)N[C@H]1c1ccccc1OC(C)C. The van der Waals surface area contributed by atoms with Crippen molar-refractivity contribution in [3.63, 3.8) is 0 Å². The Bertz CT molecular complexity index is 707. The number of esters is 1. The summed E-state index contributed by atoms with van der Waals surface area (Å²) in [6, 6.07) is 6.34. The Labute approximate surface area is 147 Å². The Morgan fingerprint density at radius 2 is 2.04 bits per heavy atom. The van der Waals surface area contributed by atoms with Crippen LogP contribution in [0.15, 0.2) is 47.7 Å². The Hall–Kier alpha value is -2.76. The number of carbonyl (C=O) groups is 2. The second kappa shape index (κ2) is 8.37. The van der Waals surface area contributed by atoms with Gasteiger partial charge in [0, 0.05) is 11.3 Å². The quantitative estimate of drug-likeness (QED) is 0.614. The highest BCUT2D eigenvalue weighted by Gasteiger charge is 2.33. The number of hydrogen-bond donors (Lipinski definition) is 2. The highest BCUT2D eigenvalue weighted by molar-refractivity contribution is 5.95. The van der Waals surface area contributed by atoms with Crippen LogP contribution in [0.1, 0.15) is 39.3 Å². The number of urea groups is 1. The standard InChI is InChI=1S/C19H24N2O4/c1-5-6-11-24-18(22)16-13(4)20-19(23)21-17(16)14-9-7-8-10-15(14)25-12(2)3/h5-10,12,17H,11H2,1-4H3,(H2,20,21,23)/b6-5-/t17-/m0/s1. The molecule has 0 saturated heterocycles. The number of allylic oxidation sites excluding steroid dienone is 2. The van der Waals surface area contributed by atoms with E-state index in [4.69, 9.17) is 9.47 Å². The maximum Gasteiger partial charge on any atom is 0.338 e. The zero-order valence-corrected chi connectivity index (χ0v) is 15.0. The molecule has 1 aromatic carbocycles. The molecule has 2 N–H and O–H groups in total. The van der Waals surface area contributed by atoms with E-state index in [1.807, 2.05) is 45.0 Å². The van der Waals surface area contributed by atoms with Gasteiger partial charge in [-0.15, -0.1) is 0 Å². The van der Waals surface area contributed by atoms with Gasteiger partial charge in [-0.05, 0) is 33.8 Å². The molecule has 0 bridgehead atoms. The number of benzene rings is 1. The molecule has 2 rings (SSSR count). The van der Waals surface area contributed by atoms with E-state index < -0.39 is 12.0 Å². The Kier molecular flexibility index (Phi) is 6.22. The van der Waals surface area contributed by atoms with Gasteiger partial charge in [0.05, 0.1) is 17.7 Å². The third kappa shape index (κ3) is 4.62. The van der Waals surface area contributed by atoms with Crippen LogP contribution in [-0.4, -0.2) is 24.7 Å². The van der Waals surface area contributed by atoms with Crippen molar-refractivity contribution in [2.75, 3.05) is 6.61 Å². The highest BCUT2D eigenvalue weighted by Crippen LogP contribution is 2.33. The van der Waals surface area contributed by atoms with Gasteiger partial charge >= 0.3 is 12.0 Å². The van der Waals surface area contributed by atoms with Crippen molar-refractivity contribution in [2.45, 2.75) is 39.8 Å². The van der Waals surface area contributed by atoms with Gasteiger partial charge in [-0.3, -0.25) is 0 Å². The van der Waals surface area contributed by atoms with Gasteiger partial charge < -0.3 is 20.1 Å². The van der Waals surface area contributed by atoms with Gasteiger partial charge in [-0.25, -0.2) is 9.59 Å². The Morgan fingerprint density at radius 3 is 2.72 bits per heavy atom. The summed E-state index contributed by atoms with van der Waals surface area (Å²) >= 11 is 0. The number of nitrogens with one attached hydrogen (secondary N) is 2. The van der Waals surface area contributed by atoms with E-state index in [0.29, 0.717) is 22.6 Å². The van der Waals surface area contributed by atoms with Crippen molar-refractivity contribution < 1.29 is 19.1 Å². The zero-order valence-electron chi connectivity index (χ0n) is 15.0. The van der Waals surface area contributed by atoms with Crippen LogP contribution in [0.4, 0.5) is 4.79 Å². The molecule has 0 spiro atoms. The molecule has 1 aliphatic rings. The van der Waals surface area contributed by atoms with Gasteiger partial charge in [0.2, 0.25) is 0 Å². The fourth-order valence-electron chi connectivity index (χ4n) is 2.58. The number of rotatable bonds is 6. The van der Waals surface area contributed by atoms with E-state index in [9.17, 15) is 9.59 Å². The topological polar surface area (TPSA) is 76.7 Å². The second-order valence-corrected chi connectivity index (χ2v) is 5.94. The third-order valence-electron chi connectivity index (χ3n) is 3.63. The van der Waals surface area contributed by atoms with Crippen molar-refractivity contribution in [1.29, 1.82) is 0 Å². The molecule has 2 amide bonds. The number of amides is 2. The molecule has 0 unspecified atom stereocenters. The molecule has 1 aliphatic heterocycles. The van der Waals surface area contributed by atoms with E-state index in [1.165, 1.54) is 0 Å². The molecule has 0 fully saturated rings. The van der Waals surface area contributed by atoms with Crippen LogP contribution in [0.2, 0.25) is 0 Å². The van der Waals surface area contributed by atoms with Crippen LogP contribution < -0.4 is 15.4 Å². The minimum absolute atomic E-state index is 0.0336. The summed E-state index contributed by atoms with van der Waals surface area (Å²) in [6.07, 6.45) is 3.51. The molecule has 1 aromatic rings. The van der Waals surface area contributed by atoms with Crippen LogP contribution in [0, 0.1) is 0 Å². The first-order valence-corrected chi connectivity index (χ1v) is 8.26. The predicted molar refractivity (Wildman–Crippen MR) is 95.1 cm³/mol. The van der Waals surface area contributed by atoms with Crippen molar-refractivity contribution in [1.82, 2.24) is 10.6 Å². The average Bonchev–Trinajstić information content (AvgIpc) is 2.54. The third-order valence-corrected chi connectivity index (χ3v) is 3.63. The molecule has 6 nitrogen and oxygen atoms in total. The van der Waals surface area contributed by atoms with E-state index >= 15 is 0 Å². The molecule has 25 heavy (non-hydrogen) atoms. The largest absolute Gasteiger partial charge is 0.491 e. The normalized spacial score (nSPS) is 17.5. The molecule has 0 saturated carbocycles. The van der Waals surface area contributed by atoms with Crippen molar-refractivity contribution in [3.8, 4) is 5.75 Å². The molecule has 6 heteroatoms. The first-order chi connectivity index (χ1) is 11.9. The van der Waals surface area contributed by atoms with Crippen LogP contribution in [0.25, 0.3) is 0 Å². The van der Waals surface area contributed by atoms with Gasteiger partial charge in [-0.1, -0.05) is 30.4 Å². The van der Waals surface area contributed by atoms with Crippen LogP contribution in [0.5, 0.6) is 5.75 Å². The van der Waals surface area contributed by atoms with E-state index in [2.05, 4.69) is 10.6 Å². The second-order valence-electron chi connectivity index (χ2n) is 5.94. The van der Waals surface area contributed by atoms with Gasteiger partial charge in [0.15, 0.2) is 0 Å². The van der Waals surface area contributed by atoms with E-state index in [1.54, 1.807) is 19.1 Å². The van der Waals surface area contributed by atoms with Crippen LogP contribution >= 0.6 is 0 Å². The fourth-order valence-corrected chi connectivity index (χ4v) is 2.58. The summed E-state index contributed by atoms with van der Waals surface area (Å²) in [7, 11) is 0. The van der Waals surface area contributed by atoms with Gasteiger partial charge in [-0.2, -0.15) is 0 Å². The molecule has 1 heterocycles. The Morgan fingerprint density at radius 1 is 1.32 bits per heavy atom. The van der Waals surface area contributed by atoms with Crippen molar-refractivity contribution >= 4 is 12.0 Å². The lowest BCUT2D eigenvalue weighted by Gasteiger charge is -2.29. The lowest BCUT2D eigenvalue weighted by Crippen LogP contribution is -2.45. The molecular weight excluding hydrogens is 320 g/mol. The summed E-state index contributed by atoms with van der Waals surface area (Å²) in [6.45, 7) is 7.56. The Balaban J connectivity index is 2.41. The molecule has 1 atom stereocenters. The zero-order chi connectivity index (χ0) is 18.4. The summed E-state index contributed by atoms with van der Waals surface area (Å²) < 4.78 is 11.1. The average molecular weight is 344 g/mol. The maximum absolute atomic E-state index is 12.6. The summed E-state index contributed by atoms with van der Waals surface area (Å²) in [5.41, 5.74) is 1.55. The monoisotopic (exact) mass is 344 g/mol. The van der Waals surface area contributed by atoms with E-state index in [0.717, 1.165) is 0 Å². The van der Waals surface area contributed by atoms with Gasteiger partial charge in [0.25, 0.3) is 0 Å². The maximum atomic E-state index is 12.6. The molecule has 0 aromatic heterocycles. The van der Waals surface area contributed by atoms with Crippen molar-refractivity contribution in [3.05, 3.63) is 53.3 Å². The lowest BCUT2D eigenvalue weighted by molar-refractivity contribution is -0.138. The van der Waals surface area contributed by atoms with Gasteiger partial charge in [0.1, 0.15) is 12.4 Å². The number of hydrogen-bond acceptors (Lipinski definition) is 4. The first-order valence-electron chi connectivity index (χ1n) is 8.26. The minimum Gasteiger partial charge on any atom is -0.491 e. The lowest BCUT2D eigenvalue weighted by atomic mass is 9.95. The van der Waals surface area contributed by atoms with Crippen LogP contribution in [0.3, 0.4) is 0 Å². The smallest absolute Gasteiger partial charge is 0.338 e. The van der Waals surface area contributed by atoms with Crippen LogP contribution in [-0.2, 0) is 9.53 Å². The summed E-state index contributed by atoms with van der Waals surface area (Å²) in [5, 5.41) is 5.42. The molecule has 0 radical (unpaired) electrons. The minimum atomic E-state index is -0.637. The fraction of sp³-hybridized carbons (Fsp3) is 0.368. The molecule has 0 aliphatic carbocycles. The summed E-state index contributed by atoms with van der Waals surface area (Å²) in [4.78, 5) is 24.5. The van der Waals surface area contributed by atoms with E-state index in [-0.39, 0.29) is 18.7 Å². The van der Waals surface area contributed by atoms with Crippen molar-refractivity contribution in [2.24, 2.45) is 0 Å². The number of carbonyl (C=O) groups excluding carboxylic acids is 2. The number of ether oxygens (including phenoxy) is 2. The highest BCUT2D eigenvalue weighted by atomic mass is 16.5. The molecular formula is C19H24N2O4.